The van der Waals surface area contributed by atoms with Gasteiger partial charge in [-0.05, 0) is 47.0 Å². The van der Waals surface area contributed by atoms with Crippen molar-refractivity contribution in [1.29, 1.82) is 0 Å². The number of hydrogen-bond acceptors (Lipinski definition) is 3. The van der Waals surface area contributed by atoms with Gasteiger partial charge in [-0.15, -0.1) is 0 Å². The molecular weight excluding hydrogens is 358 g/mol. The van der Waals surface area contributed by atoms with E-state index >= 15 is 0 Å². The molecule has 7 heteroatoms. The molecule has 1 saturated carbocycles. The number of halogens is 2. The van der Waals surface area contributed by atoms with Crippen molar-refractivity contribution in [1.82, 2.24) is 4.90 Å². The highest BCUT2D eigenvalue weighted by atomic mass is 79.9. The van der Waals surface area contributed by atoms with Crippen molar-refractivity contribution in [3.05, 3.63) is 33.3 Å². The Morgan fingerprint density at radius 3 is 2.71 bits per heavy atom. The molecule has 1 aliphatic carbocycles. The first-order valence-corrected chi connectivity index (χ1v) is 7.92. The van der Waals surface area contributed by atoms with Crippen LogP contribution in [0.25, 0.3) is 0 Å². The van der Waals surface area contributed by atoms with Crippen LogP contribution in [-0.4, -0.2) is 34.4 Å². The van der Waals surface area contributed by atoms with E-state index in [1.54, 1.807) is 23.1 Å². The molecule has 1 aromatic carbocycles. The van der Waals surface area contributed by atoms with E-state index in [2.05, 4.69) is 21.1 Å². The number of carbonyl (C=O) groups is 1. The minimum absolute atomic E-state index is 0.0308. The highest BCUT2D eigenvalue weighted by molar-refractivity contribution is 9.10. The molecule has 0 saturated heterocycles. The highest BCUT2D eigenvalue weighted by Gasteiger charge is 2.28. The summed E-state index contributed by atoms with van der Waals surface area (Å²) in [6.07, 6.45) is 4.07. The number of amides is 1. The molecule has 0 radical (unpaired) electrons. The van der Waals surface area contributed by atoms with Gasteiger partial charge >= 0.3 is 0 Å². The molecule has 5 nitrogen and oxygen atoms in total. The number of carbonyl (C=O) groups excluding carboxylic acids is 1. The molecule has 1 aromatic rings. The fourth-order valence-corrected chi connectivity index (χ4v) is 3.08. The van der Waals surface area contributed by atoms with Crippen LogP contribution in [0.15, 0.2) is 27.8 Å². The second-order valence-corrected chi connectivity index (χ2v) is 6.35. The maximum atomic E-state index is 12.7. The number of oxime groups is 1. The third-order valence-electron chi connectivity index (χ3n) is 3.65. The maximum absolute atomic E-state index is 12.7. The van der Waals surface area contributed by atoms with Crippen molar-refractivity contribution < 1.29 is 10.0 Å². The van der Waals surface area contributed by atoms with Crippen molar-refractivity contribution >= 4 is 39.3 Å². The summed E-state index contributed by atoms with van der Waals surface area (Å²) < 4.78 is 0.671. The normalized spacial score (nSPS) is 16.2. The first kappa shape index (κ1) is 16.1. The molecule has 0 aromatic heterocycles. The van der Waals surface area contributed by atoms with Crippen molar-refractivity contribution in [2.75, 3.05) is 6.54 Å². The third kappa shape index (κ3) is 3.89. The lowest BCUT2D eigenvalue weighted by atomic mass is 10.1. The third-order valence-corrected chi connectivity index (χ3v) is 4.87. The van der Waals surface area contributed by atoms with E-state index < -0.39 is 0 Å². The molecule has 0 unspecified atom stereocenters. The number of hydrogen-bond donors (Lipinski definition) is 2. The van der Waals surface area contributed by atoms with Gasteiger partial charge in [-0.3, -0.25) is 4.79 Å². The van der Waals surface area contributed by atoms with Crippen LogP contribution in [0, 0.1) is 0 Å². The van der Waals surface area contributed by atoms with Crippen LogP contribution in [0.1, 0.15) is 36.0 Å². The largest absolute Gasteiger partial charge is 0.409 e. The maximum Gasteiger partial charge on any atom is 0.254 e. The number of rotatable bonds is 4. The van der Waals surface area contributed by atoms with Gasteiger partial charge in [0.2, 0.25) is 0 Å². The summed E-state index contributed by atoms with van der Waals surface area (Å²) >= 11 is 9.28. The predicted molar refractivity (Wildman–Crippen MR) is 85.9 cm³/mol. The standard InChI is InChI=1S/C14H17BrClN3O2/c15-11-7-9(5-6-12(11)16)14(20)19(8-13(17)18-21)10-3-1-2-4-10/h5-7,10,21H,1-4,8H2,(H2,17,18). The van der Waals surface area contributed by atoms with Crippen molar-refractivity contribution in [3.63, 3.8) is 0 Å². The van der Waals surface area contributed by atoms with E-state index in [0.29, 0.717) is 15.1 Å². The van der Waals surface area contributed by atoms with E-state index in [1.165, 1.54) is 0 Å². The summed E-state index contributed by atoms with van der Waals surface area (Å²) in [5, 5.41) is 12.3. The summed E-state index contributed by atoms with van der Waals surface area (Å²) in [6, 6.07) is 5.19. The van der Waals surface area contributed by atoms with Crippen molar-refractivity contribution in [2.45, 2.75) is 31.7 Å². The minimum Gasteiger partial charge on any atom is -0.409 e. The molecule has 1 amide bonds. The Kier molecular flexibility index (Phi) is 5.47. The fourth-order valence-electron chi connectivity index (χ4n) is 2.58. The van der Waals surface area contributed by atoms with Crippen molar-refractivity contribution in [2.24, 2.45) is 10.9 Å². The van der Waals surface area contributed by atoms with Gasteiger partial charge in [0, 0.05) is 16.1 Å². The minimum atomic E-state index is -0.133. The van der Waals surface area contributed by atoms with Gasteiger partial charge in [-0.25, -0.2) is 0 Å². The van der Waals surface area contributed by atoms with Gasteiger partial charge in [0.25, 0.3) is 5.91 Å². The van der Waals surface area contributed by atoms with Crippen LogP contribution < -0.4 is 5.73 Å². The quantitative estimate of drug-likeness (QED) is 0.367. The summed E-state index contributed by atoms with van der Waals surface area (Å²) in [5.74, 6) is -0.103. The molecular formula is C14H17BrClN3O2. The molecule has 3 N–H and O–H groups in total. The summed E-state index contributed by atoms with van der Waals surface area (Å²) in [7, 11) is 0. The topological polar surface area (TPSA) is 78.9 Å². The molecule has 0 heterocycles. The lowest BCUT2D eigenvalue weighted by Gasteiger charge is -2.28. The molecule has 1 aliphatic rings. The number of nitrogens with two attached hydrogens (primary N) is 1. The zero-order valence-electron chi connectivity index (χ0n) is 11.4. The Labute approximate surface area is 136 Å². The Balaban J connectivity index is 2.25. The number of nitrogens with zero attached hydrogens (tertiary/aromatic N) is 2. The summed E-state index contributed by atoms with van der Waals surface area (Å²) in [5.41, 5.74) is 6.12. The molecule has 1 fully saturated rings. The van der Waals surface area contributed by atoms with Crippen LogP contribution >= 0.6 is 27.5 Å². The van der Waals surface area contributed by atoms with Gasteiger partial charge < -0.3 is 15.8 Å². The average Bonchev–Trinajstić information content (AvgIpc) is 3.00. The van der Waals surface area contributed by atoms with Gasteiger partial charge in [0.15, 0.2) is 5.84 Å². The van der Waals surface area contributed by atoms with Crippen molar-refractivity contribution in [3.8, 4) is 0 Å². The van der Waals surface area contributed by atoms with E-state index in [4.69, 9.17) is 22.5 Å². The molecule has 2 rings (SSSR count). The molecule has 21 heavy (non-hydrogen) atoms. The summed E-state index contributed by atoms with van der Waals surface area (Å²) in [6.45, 7) is 0.125. The SMILES string of the molecule is N/C(CN(C(=O)c1ccc(Cl)c(Br)c1)C1CCCC1)=N/O. The average molecular weight is 375 g/mol. The van der Waals surface area contributed by atoms with Crippen LogP contribution in [0.4, 0.5) is 0 Å². The van der Waals surface area contributed by atoms with E-state index in [9.17, 15) is 4.79 Å². The molecule has 0 aliphatic heterocycles. The molecule has 114 valence electrons. The Morgan fingerprint density at radius 1 is 1.48 bits per heavy atom. The van der Waals surface area contributed by atoms with Gasteiger partial charge in [0.05, 0.1) is 11.6 Å². The van der Waals surface area contributed by atoms with E-state index in [0.717, 1.165) is 25.7 Å². The van der Waals surface area contributed by atoms with E-state index in [-0.39, 0.29) is 24.3 Å². The first-order chi connectivity index (χ1) is 10.0. The molecule has 0 atom stereocenters. The summed E-state index contributed by atoms with van der Waals surface area (Å²) in [4.78, 5) is 14.4. The Hall–Kier alpha value is -1.27. The zero-order chi connectivity index (χ0) is 15.4. The second kappa shape index (κ2) is 7.13. The van der Waals surface area contributed by atoms with Crippen LogP contribution in [0.5, 0.6) is 0 Å². The smallest absolute Gasteiger partial charge is 0.254 e. The van der Waals surface area contributed by atoms with Gasteiger partial charge in [-0.2, -0.15) is 0 Å². The molecule has 0 bridgehead atoms. The van der Waals surface area contributed by atoms with Crippen LogP contribution in [0.3, 0.4) is 0 Å². The molecule has 0 spiro atoms. The fraction of sp³-hybridized carbons (Fsp3) is 0.429. The highest BCUT2D eigenvalue weighted by Crippen LogP contribution is 2.27. The number of benzene rings is 1. The lowest BCUT2D eigenvalue weighted by Crippen LogP contribution is -2.44. The van der Waals surface area contributed by atoms with Gasteiger partial charge in [0.1, 0.15) is 0 Å². The predicted octanol–water partition coefficient (Wildman–Crippen LogP) is 3.23. The monoisotopic (exact) mass is 373 g/mol. The Morgan fingerprint density at radius 2 is 2.14 bits per heavy atom. The van der Waals surface area contributed by atoms with Gasteiger partial charge in [-0.1, -0.05) is 29.6 Å². The first-order valence-electron chi connectivity index (χ1n) is 6.75. The van der Waals surface area contributed by atoms with Crippen LogP contribution in [0.2, 0.25) is 5.02 Å². The zero-order valence-corrected chi connectivity index (χ0v) is 13.8. The van der Waals surface area contributed by atoms with Crippen LogP contribution in [-0.2, 0) is 0 Å². The number of amidine groups is 1. The Bertz CT molecular complexity index is 559. The lowest BCUT2D eigenvalue weighted by molar-refractivity contribution is 0.0712. The van der Waals surface area contributed by atoms with E-state index in [1.807, 2.05) is 0 Å². The second-order valence-electron chi connectivity index (χ2n) is 5.09.